The van der Waals surface area contributed by atoms with Gasteiger partial charge in [0.15, 0.2) is 5.82 Å². The summed E-state index contributed by atoms with van der Waals surface area (Å²) in [5.74, 6) is 0.610. The molecule has 136 valence electrons. The van der Waals surface area contributed by atoms with E-state index in [0.717, 1.165) is 35.1 Å². The molecule has 1 fully saturated rings. The monoisotopic (exact) mass is 351 g/mol. The van der Waals surface area contributed by atoms with Crippen LogP contribution in [0, 0.1) is 0 Å². The summed E-state index contributed by atoms with van der Waals surface area (Å²) in [5.41, 5.74) is 3.06. The summed E-state index contributed by atoms with van der Waals surface area (Å²) in [5, 5.41) is 11.3. The molecule has 6 heteroatoms. The van der Waals surface area contributed by atoms with Crippen LogP contribution < -0.4 is 5.32 Å². The molecule has 1 saturated heterocycles. The van der Waals surface area contributed by atoms with E-state index in [9.17, 15) is 4.79 Å². The lowest BCUT2D eigenvalue weighted by molar-refractivity contribution is -0.116. The fraction of sp³-hybridized carbons (Fsp3) is 0.400. The van der Waals surface area contributed by atoms with Crippen LogP contribution in [0.1, 0.15) is 32.1 Å². The van der Waals surface area contributed by atoms with Gasteiger partial charge >= 0.3 is 0 Å². The van der Waals surface area contributed by atoms with Crippen molar-refractivity contribution in [2.75, 3.05) is 25.0 Å². The van der Waals surface area contributed by atoms with Crippen molar-refractivity contribution in [1.29, 1.82) is 0 Å². The summed E-state index contributed by atoms with van der Waals surface area (Å²) in [6.45, 7) is 3.36. The predicted octanol–water partition coefficient (Wildman–Crippen LogP) is 3.76. The molecule has 2 aromatic heterocycles. The number of nitrogens with one attached hydrogen (secondary N) is 3. The zero-order chi connectivity index (χ0) is 17.8. The van der Waals surface area contributed by atoms with Gasteiger partial charge < -0.3 is 15.2 Å². The minimum absolute atomic E-state index is 0.0288. The summed E-state index contributed by atoms with van der Waals surface area (Å²) >= 11 is 0. The molecule has 6 nitrogen and oxygen atoms in total. The van der Waals surface area contributed by atoms with Crippen molar-refractivity contribution in [3.63, 3.8) is 0 Å². The van der Waals surface area contributed by atoms with Gasteiger partial charge in [0.05, 0.1) is 5.69 Å². The maximum absolute atomic E-state index is 12.2. The van der Waals surface area contributed by atoms with Gasteiger partial charge in [-0.15, -0.1) is 0 Å². The van der Waals surface area contributed by atoms with Crippen molar-refractivity contribution in [2.24, 2.45) is 0 Å². The van der Waals surface area contributed by atoms with Gasteiger partial charge in [-0.25, -0.2) is 0 Å². The number of rotatable bonds is 6. The molecule has 0 bridgehead atoms. The van der Waals surface area contributed by atoms with Crippen LogP contribution >= 0.6 is 0 Å². The van der Waals surface area contributed by atoms with E-state index in [0.29, 0.717) is 12.2 Å². The van der Waals surface area contributed by atoms with Gasteiger partial charge in [-0.3, -0.25) is 9.89 Å². The molecular formula is C20H25N5O. The van der Waals surface area contributed by atoms with Crippen LogP contribution in [-0.2, 0) is 4.79 Å². The Morgan fingerprint density at radius 1 is 1.15 bits per heavy atom. The van der Waals surface area contributed by atoms with Crippen molar-refractivity contribution >= 4 is 22.6 Å². The Bertz CT molecular complexity index is 875. The molecule has 3 heterocycles. The van der Waals surface area contributed by atoms with Crippen LogP contribution in [0.2, 0.25) is 0 Å². The zero-order valence-corrected chi connectivity index (χ0v) is 14.9. The van der Waals surface area contributed by atoms with Crippen molar-refractivity contribution in [1.82, 2.24) is 20.1 Å². The fourth-order valence-electron chi connectivity index (χ4n) is 3.61. The Morgan fingerprint density at radius 3 is 2.92 bits per heavy atom. The molecule has 4 rings (SSSR count). The number of amides is 1. The Morgan fingerprint density at radius 2 is 2.04 bits per heavy atom. The summed E-state index contributed by atoms with van der Waals surface area (Å²) in [4.78, 5) is 17.8. The van der Waals surface area contributed by atoms with E-state index in [1.54, 1.807) is 0 Å². The molecule has 3 N–H and O–H groups in total. The van der Waals surface area contributed by atoms with Crippen LogP contribution in [0.5, 0.6) is 0 Å². The molecule has 0 atom stereocenters. The van der Waals surface area contributed by atoms with Crippen molar-refractivity contribution < 1.29 is 4.79 Å². The Hall–Kier alpha value is -2.60. The molecule has 1 amide bonds. The molecule has 3 aromatic rings. The van der Waals surface area contributed by atoms with Gasteiger partial charge in [0, 0.05) is 35.2 Å². The molecule has 0 unspecified atom stereocenters. The number of anilines is 1. The van der Waals surface area contributed by atoms with Crippen LogP contribution in [0.25, 0.3) is 22.2 Å². The van der Waals surface area contributed by atoms with E-state index in [1.807, 2.05) is 30.5 Å². The van der Waals surface area contributed by atoms with Crippen molar-refractivity contribution in [3.8, 4) is 11.3 Å². The first-order valence-corrected chi connectivity index (χ1v) is 9.43. The van der Waals surface area contributed by atoms with Gasteiger partial charge in [-0.1, -0.05) is 12.5 Å². The topological polar surface area (TPSA) is 76.8 Å². The minimum Gasteiger partial charge on any atom is -0.361 e. The number of hydrogen-bond acceptors (Lipinski definition) is 3. The average molecular weight is 351 g/mol. The fourth-order valence-corrected chi connectivity index (χ4v) is 3.61. The molecule has 0 spiro atoms. The van der Waals surface area contributed by atoms with Gasteiger partial charge in [-0.05, 0) is 57.1 Å². The number of H-pyrrole nitrogens is 2. The van der Waals surface area contributed by atoms with Crippen LogP contribution in [0.15, 0.2) is 36.5 Å². The lowest BCUT2D eigenvalue weighted by atomic mass is 10.1. The second kappa shape index (κ2) is 7.74. The van der Waals surface area contributed by atoms with E-state index in [-0.39, 0.29) is 5.91 Å². The number of piperidine rings is 1. The summed E-state index contributed by atoms with van der Waals surface area (Å²) in [7, 11) is 0. The molecule has 0 radical (unpaired) electrons. The number of likely N-dealkylation sites (tertiary alicyclic amines) is 1. The highest BCUT2D eigenvalue weighted by atomic mass is 16.1. The summed E-state index contributed by atoms with van der Waals surface area (Å²) in [6, 6.07) is 10.1. The SMILES string of the molecule is O=C(CCCN1CCCCC1)Nc1cc(-c2ccc3[nH]ccc3c2)[nH]n1. The van der Waals surface area contributed by atoms with Gasteiger partial charge in [-0.2, -0.15) is 5.10 Å². The van der Waals surface area contributed by atoms with E-state index in [1.165, 1.54) is 32.4 Å². The first-order valence-electron chi connectivity index (χ1n) is 9.43. The van der Waals surface area contributed by atoms with Crippen LogP contribution in [0.3, 0.4) is 0 Å². The number of nitrogens with zero attached hydrogens (tertiary/aromatic N) is 2. The lowest BCUT2D eigenvalue weighted by Crippen LogP contribution is -2.31. The number of aromatic nitrogens is 3. The van der Waals surface area contributed by atoms with Gasteiger partial charge in [0.1, 0.15) is 0 Å². The molecule has 26 heavy (non-hydrogen) atoms. The van der Waals surface area contributed by atoms with E-state index in [4.69, 9.17) is 0 Å². The third-order valence-corrected chi connectivity index (χ3v) is 5.04. The highest BCUT2D eigenvalue weighted by molar-refractivity contribution is 5.90. The third-order valence-electron chi connectivity index (χ3n) is 5.04. The predicted molar refractivity (Wildman–Crippen MR) is 104 cm³/mol. The highest BCUT2D eigenvalue weighted by Gasteiger charge is 2.11. The third kappa shape index (κ3) is 3.96. The Labute approximate surface area is 153 Å². The van der Waals surface area contributed by atoms with Crippen molar-refractivity contribution in [2.45, 2.75) is 32.1 Å². The largest absolute Gasteiger partial charge is 0.361 e. The quantitative estimate of drug-likeness (QED) is 0.633. The standard InChI is InChI=1S/C20H25N5O/c26-20(5-4-12-25-10-2-1-3-11-25)22-19-14-18(23-24-19)15-6-7-17-16(13-15)8-9-21-17/h6-9,13-14,21H,1-5,10-12H2,(H2,22,23,24,26). The van der Waals surface area contributed by atoms with Crippen LogP contribution in [-0.4, -0.2) is 45.6 Å². The van der Waals surface area contributed by atoms with Crippen molar-refractivity contribution in [3.05, 3.63) is 36.5 Å². The molecule has 0 saturated carbocycles. The first kappa shape index (κ1) is 16.8. The summed E-state index contributed by atoms with van der Waals surface area (Å²) < 4.78 is 0. The molecule has 1 aromatic carbocycles. The smallest absolute Gasteiger partial charge is 0.225 e. The maximum atomic E-state index is 12.2. The van der Waals surface area contributed by atoms with E-state index < -0.39 is 0 Å². The Balaban J connectivity index is 1.30. The summed E-state index contributed by atoms with van der Waals surface area (Å²) in [6.07, 6.45) is 7.28. The molecule has 1 aliphatic rings. The number of benzene rings is 1. The van der Waals surface area contributed by atoms with Gasteiger partial charge in [0.2, 0.25) is 5.91 Å². The molecule has 1 aliphatic heterocycles. The second-order valence-corrected chi connectivity index (χ2v) is 7.00. The average Bonchev–Trinajstić information content (AvgIpc) is 3.31. The molecule has 0 aliphatic carbocycles. The normalized spacial score (nSPS) is 15.4. The number of carbonyl (C=O) groups is 1. The number of fused-ring (bicyclic) bond motifs is 1. The second-order valence-electron chi connectivity index (χ2n) is 7.00. The number of aromatic amines is 2. The van der Waals surface area contributed by atoms with E-state index >= 15 is 0 Å². The number of hydrogen-bond donors (Lipinski definition) is 3. The zero-order valence-electron chi connectivity index (χ0n) is 14.9. The lowest BCUT2D eigenvalue weighted by Gasteiger charge is -2.26. The van der Waals surface area contributed by atoms with E-state index in [2.05, 4.69) is 31.5 Å². The minimum atomic E-state index is 0.0288. The van der Waals surface area contributed by atoms with Crippen LogP contribution in [0.4, 0.5) is 5.82 Å². The van der Waals surface area contributed by atoms with Gasteiger partial charge in [0.25, 0.3) is 0 Å². The number of carbonyl (C=O) groups excluding carboxylic acids is 1. The first-order chi connectivity index (χ1) is 12.8. The highest BCUT2D eigenvalue weighted by Crippen LogP contribution is 2.24. The molecular weight excluding hydrogens is 326 g/mol. The Kier molecular flexibility index (Phi) is 5.02. The maximum Gasteiger partial charge on any atom is 0.225 e.